The molecule has 0 saturated heterocycles. The lowest BCUT2D eigenvalue weighted by molar-refractivity contribution is 0.0388. The third-order valence-electron chi connectivity index (χ3n) is 1.80. The zero-order chi connectivity index (χ0) is 11.1. The molecule has 80 valence electrons. The standard InChI is InChI=1S/C11H12O4/c1-14-6-7-15-11(13)10-4-2-9(8-12)3-5-10/h2-5,8H,6-7H2,1H3. The molecule has 0 aliphatic heterocycles. The topological polar surface area (TPSA) is 52.6 Å². The molecule has 0 bridgehead atoms. The first kappa shape index (κ1) is 11.4. The van der Waals surface area contributed by atoms with Crippen LogP contribution in [-0.4, -0.2) is 32.6 Å². The molecule has 0 aromatic heterocycles. The van der Waals surface area contributed by atoms with Crippen molar-refractivity contribution in [1.82, 2.24) is 0 Å². The molecule has 1 rings (SSSR count). The van der Waals surface area contributed by atoms with Crippen molar-refractivity contribution in [2.45, 2.75) is 0 Å². The number of carbonyl (C=O) groups excluding carboxylic acids is 2. The first-order valence-electron chi connectivity index (χ1n) is 4.49. The van der Waals surface area contributed by atoms with E-state index in [1.54, 1.807) is 24.3 Å². The lowest BCUT2D eigenvalue weighted by Gasteiger charge is -2.03. The first-order valence-corrected chi connectivity index (χ1v) is 4.49. The summed E-state index contributed by atoms with van der Waals surface area (Å²) in [6, 6.07) is 6.25. The molecule has 0 heterocycles. The van der Waals surface area contributed by atoms with Gasteiger partial charge in [0.15, 0.2) is 0 Å². The molecule has 0 unspecified atom stereocenters. The molecule has 0 fully saturated rings. The highest BCUT2D eigenvalue weighted by molar-refractivity contribution is 5.90. The number of methoxy groups -OCH3 is 1. The summed E-state index contributed by atoms with van der Waals surface area (Å²) in [5.74, 6) is -0.413. The number of rotatable bonds is 5. The summed E-state index contributed by atoms with van der Waals surface area (Å²) in [6.07, 6.45) is 0.722. The maximum atomic E-state index is 11.4. The van der Waals surface area contributed by atoms with E-state index < -0.39 is 5.97 Å². The van der Waals surface area contributed by atoms with Crippen LogP contribution in [0, 0.1) is 0 Å². The first-order chi connectivity index (χ1) is 7.27. The van der Waals surface area contributed by atoms with E-state index in [9.17, 15) is 9.59 Å². The highest BCUT2D eigenvalue weighted by Gasteiger charge is 2.05. The molecule has 0 amide bonds. The second-order valence-electron chi connectivity index (χ2n) is 2.87. The Labute approximate surface area is 87.8 Å². The monoisotopic (exact) mass is 208 g/mol. The minimum atomic E-state index is -0.413. The molecular weight excluding hydrogens is 196 g/mol. The number of carbonyl (C=O) groups is 2. The van der Waals surface area contributed by atoms with Gasteiger partial charge in [-0.05, 0) is 12.1 Å². The van der Waals surface area contributed by atoms with Crippen LogP contribution >= 0.6 is 0 Å². The van der Waals surface area contributed by atoms with E-state index in [1.165, 1.54) is 7.11 Å². The van der Waals surface area contributed by atoms with Gasteiger partial charge in [0.25, 0.3) is 0 Å². The summed E-state index contributed by atoms with van der Waals surface area (Å²) >= 11 is 0. The summed E-state index contributed by atoms with van der Waals surface area (Å²) in [4.78, 5) is 21.7. The SMILES string of the molecule is COCCOC(=O)c1ccc(C=O)cc1. The Hall–Kier alpha value is -1.68. The number of hydrogen-bond acceptors (Lipinski definition) is 4. The highest BCUT2D eigenvalue weighted by atomic mass is 16.6. The molecule has 0 aliphatic carbocycles. The molecule has 4 nitrogen and oxygen atoms in total. The van der Waals surface area contributed by atoms with Gasteiger partial charge < -0.3 is 9.47 Å². The molecule has 1 aromatic rings. The van der Waals surface area contributed by atoms with Crippen LogP contribution in [0.1, 0.15) is 20.7 Å². The summed E-state index contributed by atoms with van der Waals surface area (Å²) in [7, 11) is 1.53. The summed E-state index contributed by atoms with van der Waals surface area (Å²) < 4.78 is 9.63. The summed E-state index contributed by atoms with van der Waals surface area (Å²) in [5.41, 5.74) is 0.958. The zero-order valence-electron chi connectivity index (χ0n) is 8.43. The van der Waals surface area contributed by atoms with Crippen molar-refractivity contribution in [2.24, 2.45) is 0 Å². The quantitative estimate of drug-likeness (QED) is 0.416. The molecule has 0 atom stereocenters. The van der Waals surface area contributed by atoms with Crippen molar-refractivity contribution in [3.05, 3.63) is 35.4 Å². The third kappa shape index (κ3) is 3.52. The van der Waals surface area contributed by atoms with Gasteiger partial charge in [-0.1, -0.05) is 12.1 Å². The van der Waals surface area contributed by atoms with Gasteiger partial charge in [-0.15, -0.1) is 0 Å². The highest BCUT2D eigenvalue weighted by Crippen LogP contribution is 2.04. The molecule has 1 aromatic carbocycles. The van der Waals surface area contributed by atoms with Crippen LogP contribution in [0.2, 0.25) is 0 Å². The van der Waals surface area contributed by atoms with Crippen molar-refractivity contribution in [3.63, 3.8) is 0 Å². The lowest BCUT2D eigenvalue weighted by Crippen LogP contribution is -2.09. The molecule has 15 heavy (non-hydrogen) atoms. The van der Waals surface area contributed by atoms with Crippen molar-refractivity contribution in [3.8, 4) is 0 Å². The van der Waals surface area contributed by atoms with Crippen LogP contribution in [0.4, 0.5) is 0 Å². The fraction of sp³-hybridized carbons (Fsp3) is 0.273. The van der Waals surface area contributed by atoms with Gasteiger partial charge in [-0.2, -0.15) is 0 Å². The Bertz CT molecular complexity index is 329. The smallest absolute Gasteiger partial charge is 0.338 e. The molecule has 0 spiro atoms. The van der Waals surface area contributed by atoms with Gasteiger partial charge in [-0.25, -0.2) is 4.79 Å². The maximum absolute atomic E-state index is 11.4. The minimum Gasteiger partial charge on any atom is -0.460 e. The molecule has 0 saturated carbocycles. The van der Waals surface area contributed by atoms with Crippen LogP contribution in [0.3, 0.4) is 0 Å². The Morgan fingerprint density at radius 3 is 2.47 bits per heavy atom. The van der Waals surface area contributed by atoms with Gasteiger partial charge in [-0.3, -0.25) is 4.79 Å². The molecule has 0 aliphatic rings. The fourth-order valence-corrected chi connectivity index (χ4v) is 0.999. The molecule has 0 radical (unpaired) electrons. The Morgan fingerprint density at radius 1 is 1.27 bits per heavy atom. The van der Waals surface area contributed by atoms with Crippen LogP contribution in [0.25, 0.3) is 0 Å². The summed E-state index contributed by atoms with van der Waals surface area (Å²) in [6.45, 7) is 0.600. The number of esters is 1. The maximum Gasteiger partial charge on any atom is 0.338 e. The normalized spacial score (nSPS) is 9.67. The lowest BCUT2D eigenvalue weighted by atomic mass is 10.1. The van der Waals surface area contributed by atoms with Crippen LogP contribution in [0.15, 0.2) is 24.3 Å². The van der Waals surface area contributed by atoms with Gasteiger partial charge in [0, 0.05) is 12.7 Å². The fourth-order valence-electron chi connectivity index (χ4n) is 0.999. The van der Waals surface area contributed by atoms with Gasteiger partial charge in [0.2, 0.25) is 0 Å². The van der Waals surface area contributed by atoms with Gasteiger partial charge in [0.05, 0.1) is 12.2 Å². The summed E-state index contributed by atoms with van der Waals surface area (Å²) in [5, 5.41) is 0. The van der Waals surface area contributed by atoms with Gasteiger partial charge >= 0.3 is 5.97 Å². The second kappa shape index (κ2) is 5.93. The Morgan fingerprint density at radius 2 is 1.93 bits per heavy atom. The average molecular weight is 208 g/mol. The Kier molecular flexibility index (Phi) is 4.50. The van der Waals surface area contributed by atoms with E-state index in [0.29, 0.717) is 17.7 Å². The van der Waals surface area contributed by atoms with Crippen molar-refractivity contribution >= 4 is 12.3 Å². The number of ether oxygens (including phenoxy) is 2. The van der Waals surface area contributed by atoms with E-state index in [2.05, 4.69) is 0 Å². The average Bonchev–Trinajstić information content (AvgIpc) is 2.29. The molecular formula is C11H12O4. The zero-order valence-corrected chi connectivity index (χ0v) is 8.43. The molecule has 4 heteroatoms. The predicted octanol–water partition coefficient (Wildman–Crippen LogP) is 1.30. The third-order valence-corrected chi connectivity index (χ3v) is 1.80. The van der Waals surface area contributed by atoms with E-state index in [0.717, 1.165) is 6.29 Å². The predicted molar refractivity (Wildman–Crippen MR) is 54.0 cm³/mol. The Balaban J connectivity index is 2.54. The number of aldehydes is 1. The van der Waals surface area contributed by atoms with Crippen molar-refractivity contribution in [1.29, 1.82) is 0 Å². The van der Waals surface area contributed by atoms with E-state index in [-0.39, 0.29) is 6.61 Å². The number of benzene rings is 1. The van der Waals surface area contributed by atoms with Crippen LogP contribution < -0.4 is 0 Å². The molecule has 0 N–H and O–H groups in total. The van der Waals surface area contributed by atoms with E-state index >= 15 is 0 Å². The second-order valence-corrected chi connectivity index (χ2v) is 2.87. The minimum absolute atomic E-state index is 0.227. The van der Waals surface area contributed by atoms with Crippen LogP contribution in [-0.2, 0) is 9.47 Å². The number of hydrogen-bond donors (Lipinski definition) is 0. The van der Waals surface area contributed by atoms with Crippen LogP contribution in [0.5, 0.6) is 0 Å². The van der Waals surface area contributed by atoms with Gasteiger partial charge in [0.1, 0.15) is 12.9 Å². The van der Waals surface area contributed by atoms with Crippen molar-refractivity contribution in [2.75, 3.05) is 20.3 Å². The van der Waals surface area contributed by atoms with E-state index in [4.69, 9.17) is 9.47 Å². The van der Waals surface area contributed by atoms with Crippen molar-refractivity contribution < 1.29 is 19.1 Å². The van der Waals surface area contributed by atoms with E-state index in [1.807, 2.05) is 0 Å². The largest absolute Gasteiger partial charge is 0.460 e.